The molecule has 0 bridgehead atoms. The summed E-state index contributed by atoms with van der Waals surface area (Å²) in [5.74, 6) is 0. The van der Waals surface area contributed by atoms with Gasteiger partial charge < -0.3 is 5.11 Å². The number of hydrogen-bond donors (Lipinski definition) is 1. The van der Waals surface area contributed by atoms with E-state index in [1.807, 2.05) is 0 Å². The van der Waals surface area contributed by atoms with Gasteiger partial charge in [-0.25, -0.2) is 0 Å². The van der Waals surface area contributed by atoms with E-state index in [0.717, 1.165) is 22.3 Å². The first kappa shape index (κ1) is 46.7. The molecule has 0 fully saturated rings. The highest BCUT2D eigenvalue weighted by Gasteiger charge is 2.63. The number of halogens is 4. The third-order valence-corrected chi connectivity index (χ3v) is 18.0. The molecule has 68 heavy (non-hydrogen) atoms. The van der Waals surface area contributed by atoms with Crippen LogP contribution in [-0.4, -0.2) is 10.4 Å². The molecule has 1 nitrogen and oxygen atoms in total. The van der Waals surface area contributed by atoms with E-state index in [1.54, 1.807) is 0 Å². The van der Waals surface area contributed by atoms with Crippen molar-refractivity contribution in [2.75, 3.05) is 5.34 Å². The largest absolute Gasteiger partial charge is 0.376 e. The van der Waals surface area contributed by atoms with Crippen molar-refractivity contribution in [2.24, 2.45) is 0 Å². The molecule has 0 aliphatic heterocycles. The summed E-state index contributed by atoms with van der Waals surface area (Å²) in [5.41, 5.74) is 20.4. The van der Waals surface area contributed by atoms with Crippen molar-refractivity contribution in [1.82, 2.24) is 0 Å². The molecular weight excluding hydrogens is 1100 g/mol. The highest BCUT2D eigenvalue weighted by Crippen LogP contribution is 2.73. The van der Waals surface area contributed by atoms with Crippen LogP contribution in [0.2, 0.25) is 0 Å². The van der Waals surface area contributed by atoms with Gasteiger partial charge in [0.05, 0.1) is 10.8 Å². The van der Waals surface area contributed by atoms with Crippen LogP contribution in [-0.2, 0) is 32.7 Å². The molecule has 8 aromatic rings. The Balaban J connectivity index is 0.00000165. The molecule has 0 spiro atoms. The maximum absolute atomic E-state index is 15.3. The van der Waals surface area contributed by atoms with E-state index in [1.165, 1.54) is 112 Å². The lowest BCUT2D eigenvalue weighted by molar-refractivity contribution is 0.126. The summed E-state index contributed by atoms with van der Waals surface area (Å²) in [5, 5.41) is 20.3. The van der Waals surface area contributed by atoms with E-state index < -0.39 is 11.0 Å². The Labute approximate surface area is 440 Å². The maximum Gasteiger partial charge on any atom is 0.143 e. The van der Waals surface area contributed by atoms with Crippen molar-refractivity contribution in [3.05, 3.63) is 184 Å². The molecule has 0 heterocycles. The molecule has 0 saturated carbocycles. The summed E-state index contributed by atoms with van der Waals surface area (Å²) in [7, 11) is 0. The van der Waals surface area contributed by atoms with Gasteiger partial charge in [-0.15, -0.1) is 23.2 Å². The quantitative estimate of drug-likeness (QED) is 0.128. The second kappa shape index (κ2) is 15.2. The molecule has 5 heteroatoms. The van der Waals surface area contributed by atoms with Crippen LogP contribution in [0.4, 0.5) is 0 Å². The van der Waals surface area contributed by atoms with Crippen LogP contribution in [0, 0.1) is 7.14 Å². The molecule has 12 rings (SSSR count). The van der Waals surface area contributed by atoms with E-state index in [2.05, 4.69) is 244 Å². The summed E-state index contributed by atoms with van der Waals surface area (Å²) in [4.78, 5) is 0. The minimum atomic E-state index is -1.48. The van der Waals surface area contributed by atoms with Crippen LogP contribution in [0.3, 0.4) is 0 Å². The van der Waals surface area contributed by atoms with Crippen molar-refractivity contribution < 1.29 is 5.11 Å². The Kier molecular flexibility index (Phi) is 10.4. The van der Waals surface area contributed by atoms with Crippen molar-refractivity contribution in [3.63, 3.8) is 0 Å². The molecule has 0 saturated heterocycles. The Morgan fingerprint density at radius 3 is 1.59 bits per heavy atom. The third-order valence-electron chi connectivity index (χ3n) is 15.7. The van der Waals surface area contributed by atoms with E-state index in [4.69, 9.17) is 23.2 Å². The number of benzene rings is 8. The molecule has 4 aliphatic carbocycles. The SMILES string of the molecule is CC(C)(C)c1ccc([C@@]23c4cc(C(C)(C)C)ccc4-c4c2c2c5c(cccc5c4I)-c4cc(C(C)(C)C)ccc4-c4c(C(C)(C)C)ccc5c4[C@]2(O)c2c-5c(I)c4ccccc4c23)cc1.ClCCl. The van der Waals surface area contributed by atoms with E-state index in [-0.39, 0.29) is 27.0 Å². The average Bonchev–Trinajstić information content (AvgIpc) is 3.73. The normalized spacial score (nSPS) is 18.2. The molecule has 8 aromatic carbocycles. The van der Waals surface area contributed by atoms with Crippen LogP contribution in [0.5, 0.6) is 0 Å². The summed E-state index contributed by atoms with van der Waals surface area (Å²) in [6.07, 6.45) is 0. The summed E-state index contributed by atoms with van der Waals surface area (Å²) < 4.78 is 2.44. The van der Waals surface area contributed by atoms with Crippen molar-refractivity contribution in [3.8, 4) is 44.5 Å². The smallest absolute Gasteiger partial charge is 0.143 e. The molecule has 1 N–H and O–H groups in total. The van der Waals surface area contributed by atoms with Crippen molar-refractivity contribution in [1.29, 1.82) is 0 Å². The fourth-order valence-corrected chi connectivity index (χ4v) is 14.7. The zero-order valence-electron chi connectivity index (χ0n) is 41.1. The zero-order valence-corrected chi connectivity index (χ0v) is 47.0. The topological polar surface area (TPSA) is 20.2 Å². The van der Waals surface area contributed by atoms with Crippen LogP contribution in [0.15, 0.2) is 115 Å². The lowest BCUT2D eigenvalue weighted by Gasteiger charge is -2.48. The van der Waals surface area contributed by atoms with Crippen LogP contribution in [0.25, 0.3) is 66.1 Å². The van der Waals surface area contributed by atoms with E-state index in [0.29, 0.717) is 0 Å². The fourth-order valence-electron chi connectivity index (χ4n) is 12.6. The Hall–Kier alpha value is -3.72. The van der Waals surface area contributed by atoms with Gasteiger partial charge in [0.15, 0.2) is 0 Å². The number of aliphatic hydroxyl groups is 1. The number of hydrogen-bond acceptors (Lipinski definition) is 1. The second-order valence-corrected chi connectivity index (χ2v) is 26.7. The lowest BCUT2D eigenvalue weighted by atomic mass is 9.55. The Morgan fingerprint density at radius 1 is 0.441 bits per heavy atom. The molecular formula is C63H58Cl2I2O. The highest BCUT2D eigenvalue weighted by molar-refractivity contribution is 14.1. The lowest BCUT2D eigenvalue weighted by Crippen LogP contribution is -2.44. The van der Waals surface area contributed by atoms with Gasteiger partial charge in [-0.3, -0.25) is 0 Å². The minimum Gasteiger partial charge on any atom is -0.376 e. The maximum atomic E-state index is 15.3. The third kappa shape index (κ3) is 6.07. The summed E-state index contributed by atoms with van der Waals surface area (Å²) in [6, 6.07) is 45.1. The second-order valence-electron chi connectivity index (χ2n) is 23.7. The Bertz CT molecular complexity index is 3520. The average molecular weight is 1160 g/mol. The first-order chi connectivity index (χ1) is 31.9. The van der Waals surface area contributed by atoms with Crippen LogP contribution < -0.4 is 0 Å². The Morgan fingerprint density at radius 2 is 0.971 bits per heavy atom. The monoisotopic (exact) mass is 1150 g/mol. The predicted octanol–water partition coefficient (Wildman–Crippen LogP) is 18.4. The number of alkyl halides is 2. The number of rotatable bonds is 1. The van der Waals surface area contributed by atoms with Gasteiger partial charge in [-0.05, 0) is 172 Å². The van der Waals surface area contributed by atoms with Gasteiger partial charge >= 0.3 is 0 Å². The first-order valence-corrected chi connectivity index (χ1v) is 27.1. The zero-order chi connectivity index (χ0) is 48.6. The minimum absolute atomic E-state index is 0.0184. The molecule has 0 radical (unpaired) electrons. The standard InChI is InChI=1S/C62H56I2O.CH2Cl2/c1-57(2,3)32-20-22-33(23-21-32)61-45-31-35(59(7,8)9)25-27-40(45)48-52(61)53-46-36(18-15-19-42(46)56(48)64)43-30-34(58(4,5)6)24-26-37(43)47-44(60(10,11)12)29-28-41-49-54(62(53,65)50(41)47)51(61)38-16-13-14-17-39(38)55(49)63;2-1-3/h13-31,65H,1-12H3;1H2/t61-,62+;/m0./s1. The van der Waals surface area contributed by atoms with E-state index in [9.17, 15) is 0 Å². The fraction of sp³-hybridized carbons (Fsp3) is 0.302. The molecule has 2 atom stereocenters. The van der Waals surface area contributed by atoms with E-state index >= 15 is 5.11 Å². The molecule has 0 amide bonds. The van der Waals surface area contributed by atoms with Gasteiger partial charge in [0.25, 0.3) is 0 Å². The van der Waals surface area contributed by atoms with Crippen LogP contribution >= 0.6 is 68.4 Å². The molecule has 344 valence electrons. The van der Waals surface area contributed by atoms with Crippen LogP contribution in [0.1, 0.15) is 144 Å². The molecule has 4 aliphatic rings. The molecule has 0 unspecified atom stereocenters. The van der Waals surface area contributed by atoms with Gasteiger partial charge in [0, 0.05) is 35.0 Å². The summed E-state index contributed by atoms with van der Waals surface area (Å²) >= 11 is 14.9. The highest BCUT2D eigenvalue weighted by atomic mass is 127. The summed E-state index contributed by atoms with van der Waals surface area (Å²) in [6.45, 7) is 28.0. The first-order valence-electron chi connectivity index (χ1n) is 23.9. The van der Waals surface area contributed by atoms with Gasteiger partial charge in [-0.2, -0.15) is 0 Å². The van der Waals surface area contributed by atoms with Gasteiger partial charge in [-0.1, -0.05) is 192 Å². The number of fused-ring (bicyclic) bond motifs is 10. The van der Waals surface area contributed by atoms with Gasteiger partial charge in [0.1, 0.15) is 5.60 Å². The van der Waals surface area contributed by atoms with Crippen molar-refractivity contribution in [2.45, 2.75) is 116 Å². The van der Waals surface area contributed by atoms with Crippen molar-refractivity contribution >= 4 is 89.9 Å². The predicted molar refractivity (Wildman–Crippen MR) is 308 cm³/mol. The van der Waals surface area contributed by atoms with Gasteiger partial charge in [0.2, 0.25) is 0 Å². The molecule has 0 aromatic heterocycles.